The lowest BCUT2D eigenvalue weighted by molar-refractivity contribution is -0.151. The molecule has 42 heavy (non-hydrogen) atoms. The maximum absolute atomic E-state index is 13.8. The third kappa shape index (κ3) is 5.64. The molecule has 2 saturated heterocycles. The smallest absolute Gasteiger partial charge is 0.262 e. The zero-order valence-electron chi connectivity index (χ0n) is 23.8. The van der Waals surface area contributed by atoms with Gasteiger partial charge in [0.05, 0.1) is 40.0 Å². The summed E-state index contributed by atoms with van der Waals surface area (Å²) in [6, 6.07) is 15.8. The average Bonchev–Trinajstić information content (AvgIpc) is 3.47. The minimum Gasteiger partial charge on any atom is -0.339 e. The lowest BCUT2D eigenvalue weighted by Gasteiger charge is -2.50. The van der Waals surface area contributed by atoms with E-state index in [9.17, 15) is 22.8 Å². The molecule has 2 N–H and O–H groups in total. The van der Waals surface area contributed by atoms with Gasteiger partial charge >= 0.3 is 0 Å². The first-order valence-corrected chi connectivity index (χ1v) is 16.0. The normalized spacial score (nSPS) is 20.9. The molecule has 4 atom stereocenters. The van der Waals surface area contributed by atoms with Gasteiger partial charge in [0.15, 0.2) is 0 Å². The van der Waals surface area contributed by atoms with Gasteiger partial charge in [0.2, 0.25) is 21.8 Å². The van der Waals surface area contributed by atoms with E-state index >= 15 is 0 Å². The number of hydrogen-bond acceptors (Lipinski definition) is 7. The van der Waals surface area contributed by atoms with Crippen LogP contribution in [0.1, 0.15) is 47.2 Å². The first-order valence-electron chi connectivity index (χ1n) is 13.7. The predicted molar refractivity (Wildman–Crippen MR) is 165 cm³/mol. The lowest BCUT2D eigenvalue weighted by Crippen LogP contribution is -2.69. The molecule has 5 rings (SSSR count). The molecule has 3 amide bonds. The highest BCUT2D eigenvalue weighted by atomic mass is 32.2. The van der Waals surface area contributed by atoms with E-state index in [1.54, 1.807) is 9.80 Å². The summed E-state index contributed by atoms with van der Waals surface area (Å²) < 4.78 is 28.8. The van der Waals surface area contributed by atoms with E-state index < -0.39 is 28.0 Å². The van der Waals surface area contributed by atoms with Crippen molar-refractivity contribution in [3.63, 3.8) is 0 Å². The molecule has 2 aromatic carbocycles. The highest BCUT2D eigenvalue weighted by Crippen LogP contribution is 2.38. The van der Waals surface area contributed by atoms with E-state index in [0.717, 1.165) is 10.1 Å². The van der Waals surface area contributed by atoms with E-state index in [-0.39, 0.29) is 50.5 Å². The molecule has 0 bridgehead atoms. The molecule has 12 heteroatoms. The Bertz CT molecular complexity index is 1690. The molecule has 3 aromatic rings. The van der Waals surface area contributed by atoms with Gasteiger partial charge in [-0.15, -0.1) is 11.3 Å². The van der Waals surface area contributed by atoms with Crippen LogP contribution in [-0.2, 0) is 19.6 Å². The Morgan fingerprint density at radius 2 is 1.83 bits per heavy atom. The summed E-state index contributed by atoms with van der Waals surface area (Å²) >= 11 is 1.38. The zero-order valence-corrected chi connectivity index (χ0v) is 25.5. The molecular weight excluding hydrogens is 574 g/mol. The summed E-state index contributed by atoms with van der Waals surface area (Å²) in [5.74, 6) is -0.908. The summed E-state index contributed by atoms with van der Waals surface area (Å²) in [5.41, 5.74) is -0.360. The molecule has 0 aliphatic carbocycles. The number of amides is 3. The van der Waals surface area contributed by atoms with Crippen molar-refractivity contribution in [1.29, 1.82) is 5.26 Å². The second kappa shape index (κ2) is 11.1. The molecule has 0 spiro atoms. The number of carbonyl (C=O) groups is 3. The van der Waals surface area contributed by atoms with Gasteiger partial charge in [0.25, 0.3) is 5.91 Å². The van der Waals surface area contributed by atoms with Crippen LogP contribution < -0.4 is 10.0 Å². The number of fused-ring (bicyclic) bond motifs is 2. The van der Waals surface area contributed by atoms with E-state index in [2.05, 4.69) is 10.0 Å². The van der Waals surface area contributed by atoms with Gasteiger partial charge in [-0.05, 0) is 47.1 Å². The Kier molecular flexibility index (Phi) is 7.87. The molecule has 10 nitrogen and oxygen atoms in total. The van der Waals surface area contributed by atoms with E-state index in [4.69, 9.17) is 5.26 Å². The molecule has 2 fully saturated rings. The molecule has 3 heterocycles. The third-order valence-electron chi connectivity index (χ3n) is 7.93. The summed E-state index contributed by atoms with van der Waals surface area (Å²) in [7, 11) is -3.99. The number of nitriles is 1. The van der Waals surface area contributed by atoms with Gasteiger partial charge in [-0.3, -0.25) is 14.4 Å². The van der Waals surface area contributed by atoms with Gasteiger partial charge in [-0.25, -0.2) is 13.1 Å². The SMILES string of the molecule is CC1CN(C(=O)CNS(=O)(=O)c2cccc(C#N)c2)[C@@H]2CN(C(=O)C(NC(=O)c3cc4ccccc4s3)C(C)(C)C)C12.[HH].[HH].[HH]. The van der Waals surface area contributed by atoms with Crippen LogP contribution >= 0.6 is 11.3 Å². The Morgan fingerprint density at radius 3 is 2.52 bits per heavy atom. The number of carbonyl (C=O) groups excluding carboxylic acids is 3. The second-order valence-electron chi connectivity index (χ2n) is 12.0. The number of likely N-dealkylation sites (tertiary alicyclic amines) is 2. The zero-order chi connectivity index (χ0) is 30.4. The number of nitrogens with zero attached hydrogens (tertiary/aromatic N) is 3. The number of rotatable bonds is 7. The van der Waals surface area contributed by atoms with Gasteiger partial charge in [-0.2, -0.15) is 5.26 Å². The number of hydrogen-bond donors (Lipinski definition) is 2. The van der Waals surface area contributed by atoms with Crippen LogP contribution in [0.4, 0.5) is 0 Å². The molecule has 0 saturated carbocycles. The molecule has 2 aliphatic rings. The molecule has 226 valence electrons. The molecule has 3 unspecified atom stereocenters. The fourth-order valence-corrected chi connectivity index (χ4v) is 7.72. The Balaban J connectivity index is 0.00000235. The van der Waals surface area contributed by atoms with Crippen molar-refractivity contribution in [2.24, 2.45) is 11.3 Å². The Labute approximate surface area is 253 Å². The number of thiophene rings is 1. The highest BCUT2D eigenvalue weighted by Gasteiger charge is 2.55. The summed E-state index contributed by atoms with van der Waals surface area (Å²) in [4.78, 5) is 44.0. The van der Waals surface area contributed by atoms with E-state index in [1.165, 1.54) is 35.6 Å². The van der Waals surface area contributed by atoms with E-state index in [1.807, 2.05) is 64.1 Å². The third-order valence-corrected chi connectivity index (χ3v) is 10.4. The van der Waals surface area contributed by atoms with Crippen LogP contribution in [0.3, 0.4) is 0 Å². The van der Waals surface area contributed by atoms with Gasteiger partial charge < -0.3 is 15.1 Å². The largest absolute Gasteiger partial charge is 0.339 e. The highest BCUT2D eigenvalue weighted by molar-refractivity contribution is 7.89. The number of sulfonamides is 1. The minimum absolute atomic E-state index is 0. The summed E-state index contributed by atoms with van der Waals surface area (Å²) in [6.07, 6.45) is 0. The van der Waals surface area contributed by atoms with Crippen molar-refractivity contribution in [1.82, 2.24) is 19.8 Å². The van der Waals surface area contributed by atoms with Crippen molar-refractivity contribution in [2.75, 3.05) is 19.6 Å². The van der Waals surface area contributed by atoms with Crippen LogP contribution in [0.15, 0.2) is 59.5 Å². The lowest BCUT2D eigenvalue weighted by atomic mass is 9.82. The van der Waals surface area contributed by atoms with Crippen molar-refractivity contribution < 1.29 is 27.1 Å². The first-order chi connectivity index (χ1) is 19.8. The van der Waals surface area contributed by atoms with Crippen LogP contribution in [0.5, 0.6) is 0 Å². The van der Waals surface area contributed by atoms with Crippen LogP contribution in [0.25, 0.3) is 10.1 Å². The Morgan fingerprint density at radius 1 is 1.10 bits per heavy atom. The molecule has 2 aliphatic heterocycles. The quantitative estimate of drug-likeness (QED) is 0.417. The topological polar surface area (TPSA) is 140 Å². The maximum atomic E-state index is 13.8. The van der Waals surface area contributed by atoms with Crippen molar-refractivity contribution >= 4 is 49.2 Å². The monoisotopic (exact) mass is 613 g/mol. The van der Waals surface area contributed by atoms with Crippen molar-refractivity contribution in [3.8, 4) is 6.07 Å². The molecule has 0 radical (unpaired) electrons. The van der Waals surface area contributed by atoms with Gasteiger partial charge in [-0.1, -0.05) is 52.0 Å². The van der Waals surface area contributed by atoms with Gasteiger partial charge in [0.1, 0.15) is 6.04 Å². The fourth-order valence-electron chi connectivity index (χ4n) is 5.73. The second-order valence-corrected chi connectivity index (χ2v) is 14.8. The van der Waals surface area contributed by atoms with Crippen molar-refractivity contribution in [2.45, 2.75) is 50.7 Å². The fraction of sp³-hybridized carbons (Fsp3) is 0.400. The minimum atomic E-state index is -3.99. The van der Waals surface area contributed by atoms with Gasteiger partial charge in [0, 0.05) is 22.1 Å². The Hall–Kier alpha value is -3.79. The summed E-state index contributed by atoms with van der Waals surface area (Å²) in [5, 5.41) is 13.0. The van der Waals surface area contributed by atoms with Crippen molar-refractivity contribution in [3.05, 3.63) is 65.0 Å². The van der Waals surface area contributed by atoms with Crippen LogP contribution in [0.2, 0.25) is 0 Å². The molecular formula is C30H39N5O5S2. The molecule has 1 aromatic heterocycles. The predicted octanol–water partition coefficient (Wildman–Crippen LogP) is 3.69. The average molecular weight is 614 g/mol. The number of benzene rings is 2. The van der Waals surface area contributed by atoms with Crippen LogP contribution in [-0.4, -0.2) is 73.7 Å². The first kappa shape index (κ1) is 29.7. The van der Waals surface area contributed by atoms with E-state index in [0.29, 0.717) is 18.0 Å². The van der Waals surface area contributed by atoms with Crippen LogP contribution in [0, 0.1) is 22.7 Å². The standard InChI is InChI=1S/C30H33N5O5S2.3H2/c1-18-16-34(25(36)15-32-42(39,40)21-10-7-8-19(12-21)14-31)22-17-35(26(18)22)29(38)27(30(2,3)4)33-28(37)24-13-20-9-5-6-11-23(20)41-24;;;/h5-13,18,22,26-27,32H,15-17H2,1-4H3,(H,33,37);3*1H/t18?,22-,26?,27?;;;/m1.../s1. The number of nitrogens with one attached hydrogen (secondary N) is 2. The maximum Gasteiger partial charge on any atom is 0.262 e. The summed E-state index contributed by atoms with van der Waals surface area (Å²) in [6.45, 7) is 7.95.